The fraction of sp³-hybridized carbons (Fsp3) is 0.346. The lowest BCUT2D eigenvalue weighted by Crippen LogP contribution is -2.23. The number of fused-ring (bicyclic) bond motifs is 1. The van der Waals surface area contributed by atoms with Gasteiger partial charge in [0.25, 0.3) is 0 Å². The molecule has 3 aromatic rings. The molecule has 1 N–H and O–H groups in total. The van der Waals surface area contributed by atoms with Crippen LogP contribution in [0.2, 0.25) is 0 Å². The van der Waals surface area contributed by atoms with Gasteiger partial charge in [-0.05, 0) is 55.5 Å². The number of ether oxygens (including phenoxy) is 2. The maximum Gasteiger partial charge on any atom is 0.244 e. The Kier molecular flexibility index (Phi) is 7.40. The number of methoxy groups -OCH3 is 1. The molecule has 31 heavy (non-hydrogen) atoms. The second-order valence-electron chi connectivity index (χ2n) is 7.96. The highest BCUT2D eigenvalue weighted by Crippen LogP contribution is 2.38. The summed E-state index contributed by atoms with van der Waals surface area (Å²) < 4.78 is 17.1. The van der Waals surface area contributed by atoms with Crippen molar-refractivity contribution >= 4 is 22.4 Å². The summed E-state index contributed by atoms with van der Waals surface area (Å²) in [7, 11) is 1.65. The Bertz CT molecular complexity index is 1080. The molecule has 0 bridgehead atoms. The topological polar surface area (TPSA) is 60.7 Å². The van der Waals surface area contributed by atoms with E-state index in [1.807, 2.05) is 50.2 Å². The van der Waals surface area contributed by atoms with Gasteiger partial charge in [-0.2, -0.15) is 0 Å². The zero-order valence-corrected chi connectivity index (χ0v) is 19.0. The molecule has 0 atom stereocenters. The zero-order valence-electron chi connectivity index (χ0n) is 19.0. The van der Waals surface area contributed by atoms with E-state index in [4.69, 9.17) is 13.9 Å². The molecule has 1 aromatic heterocycles. The molecule has 5 nitrogen and oxygen atoms in total. The van der Waals surface area contributed by atoms with E-state index in [1.54, 1.807) is 19.4 Å². The van der Waals surface area contributed by atoms with E-state index in [2.05, 4.69) is 19.2 Å². The molecule has 0 aliphatic carbocycles. The molecule has 2 aromatic carbocycles. The first kappa shape index (κ1) is 22.5. The van der Waals surface area contributed by atoms with Crippen LogP contribution in [-0.2, 0) is 4.79 Å². The Balaban J connectivity index is 2.00. The summed E-state index contributed by atoms with van der Waals surface area (Å²) in [6.45, 7) is 9.34. The largest absolute Gasteiger partial charge is 0.497 e. The number of rotatable bonds is 9. The maximum absolute atomic E-state index is 12.4. The first-order valence-electron chi connectivity index (χ1n) is 10.7. The molecule has 0 radical (unpaired) electrons. The van der Waals surface area contributed by atoms with Crippen LogP contribution in [0.4, 0.5) is 0 Å². The minimum Gasteiger partial charge on any atom is -0.497 e. The van der Waals surface area contributed by atoms with Gasteiger partial charge < -0.3 is 19.2 Å². The number of allylic oxidation sites excluding steroid dienone is 1. The van der Waals surface area contributed by atoms with E-state index >= 15 is 0 Å². The van der Waals surface area contributed by atoms with Crippen LogP contribution in [0.15, 0.2) is 53.2 Å². The van der Waals surface area contributed by atoms with Crippen molar-refractivity contribution in [3.05, 3.63) is 54.3 Å². The summed E-state index contributed by atoms with van der Waals surface area (Å²) in [5, 5.41) is 3.92. The highest BCUT2D eigenvalue weighted by Gasteiger charge is 2.15. The molecule has 0 fully saturated rings. The second kappa shape index (κ2) is 10.2. The number of carbonyl (C=O) groups is 1. The molecule has 5 heteroatoms. The quantitative estimate of drug-likeness (QED) is 0.426. The molecule has 164 valence electrons. The van der Waals surface area contributed by atoms with E-state index < -0.39 is 0 Å². The van der Waals surface area contributed by atoms with Gasteiger partial charge in [0.1, 0.15) is 17.1 Å². The summed E-state index contributed by atoms with van der Waals surface area (Å²) in [5.74, 6) is 1.94. The van der Waals surface area contributed by atoms with E-state index in [0.29, 0.717) is 24.8 Å². The molecular formula is C26H31NO4. The Labute approximate surface area is 184 Å². The number of carbonyl (C=O) groups excluding carboxylic acids is 1. The second-order valence-corrected chi connectivity index (χ2v) is 7.96. The molecule has 0 aliphatic heterocycles. The highest BCUT2D eigenvalue weighted by atomic mass is 16.5. The van der Waals surface area contributed by atoms with Gasteiger partial charge in [0.15, 0.2) is 0 Å². The lowest BCUT2D eigenvalue weighted by molar-refractivity contribution is -0.116. The first-order valence-corrected chi connectivity index (χ1v) is 10.7. The van der Waals surface area contributed by atoms with Gasteiger partial charge >= 0.3 is 0 Å². The third kappa shape index (κ3) is 5.48. The monoisotopic (exact) mass is 421 g/mol. The van der Waals surface area contributed by atoms with Crippen LogP contribution in [0.25, 0.3) is 27.7 Å². The summed E-state index contributed by atoms with van der Waals surface area (Å²) in [5.41, 5.74) is 4.41. The van der Waals surface area contributed by atoms with Gasteiger partial charge in [-0.1, -0.05) is 26.0 Å². The molecule has 0 saturated carbocycles. The lowest BCUT2D eigenvalue weighted by atomic mass is 9.99. The number of amides is 1. The van der Waals surface area contributed by atoms with Gasteiger partial charge in [0, 0.05) is 35.2 Å². The van der Waals surface area contributed by atoms with Crippen molar-refractivity contribution in [3.8, 4) is 22.6 Å². The van der Waals surface area contributed by atoms with Gasteiger partial charge in [0.2, 0.25) is 5.91 Å². The minimum absolute atomic E-state index is 0.0964. The van der Waals surface area contributed by atoms with Crippen LogP contribution in [0.3, 0.4) is 0 Å². The van der Waals surface area contributed by atoms with Gasteiger partial charge in [0.05, 0.1) is 20.0 Å². The highest BCUT2D eigenvalue weighted by molar-refractivity contribution is 6.00. The standard InChI is InChI=1S/C26H31NO4/c1-6-30-24-15-25-22(23(16-31-25)19-8-7-9-20(13-19)29-5)14-21(24)18(4)12-26(28)27-11-10-17(2)3/h7-9,12-17H,6,10-11H2,1-5H3,(H,27,28)/b18-12+. The zero-order chi connectivity index (χ0) is 22.4. The molecule has 1 heterocycles. The predicted octanol–water partition coefficient (Wildman–Crippen LogP) is 6.07. The number of benzene rings is 2. The van der Waals surface area contributed by atoms with Crippen LogP contribution in [0.5, 0.6) is 11.5 Å². The normalized spacial score (nSPS) is 11.7. The van der Waals surface area contributed by atoms with Crippen LogP contribution < -0.4 is 14.8 Å². The summed E-state index contributed by atoms with van der Waals surface area (Å²) in [4.78, 5) is 12.4. The summed E-state index contributed by atoms with van der Waals surface area (Å²) in [6.07, 6.45) is 4.33. The lowest BCUT2D eigenvalue weighted by Gasteiger charge is -2.12. The number of hydrogen-bond donors (Lipinski definition) is 1. The molecular weight excluding hydrogens is 390 g/mol. The average molecular weight is 422 g/mol. The smallest absolute Gasteiger partial charge is 0.244 e. The Morgan fingerprint density at radius 2 is 2.03 bits per heavy atom. The van der Waals surface area contributed by atoms with Crippen molar-refractivity contribution in [1.29, 1.82) is 0 Å². The molecule has 0 aliphatic rings. The molecule has 3 rings (SSSR count). The van der Waals surface area contributed by atoms with Crippen LogP contribution in [0, 0.1) is 5.92 Å². The number of furan rings is 1. The Hall–Kier alpha value is -3.21. The van der Waals surface area contributed by atoms with Crippen LogP contribution >= 0.6 is 0 Å². The number of nitrogens with one attached hydrogen (secondary N) is 1. The van der Waals surface area contributed by atoms with Crippen LogP contribution in [0.1, 0.15) is 39.7 Å². The molecule has 0 saturated heterocycles. The van der Waals surface area contributed by atoms with Gasteiger partial charge in [-0.3, -0.25) is 4.79 Å². The fourth-order valence-electron chi connectivity index (χ4n) is 3.46. The fourth-order valence-corrected chi connectivity index (χ4v) is 3.46. The Morgan fingerprint density at radius 3 is 2.74 bits per heavy atom. The predicted molar refractivity (Wildman–Crippen MR) is 125 cm³/mol. The van der Waals surface area contributed by atoms with Crippen molar-refractivity contribution in [1.82, 2.24) is 5.32 Å². The third-order valence-corrected chi connectivity index (χ3v) is 5.15. The van der Waals surface area contributed by atoms with E-state index in [-0.39, 0.29) is 5.91 Å². The van der Waals surface area contributed by atoms with Gasteiger partial charge in [-0.15, -0.1) is 0 Å². The van der Waals surface area contributed by atoms with Crippen LogP contribution in [-0.4, -0.2) is 26.2 Å². The number of hydrogen-bond acceptors (Lipinski definition) is 4. The van der Waals surface area contributed by atoms with Gasteiger partial charge in [-0.25, -0.2) is 0 Å². The van der Waals surface area contributed by atoms with Crippen molar-refractivity contribution in [2.45, 2.75) is 34.1 Å². The van der Waals surface area contributed by atoms with E-state index in [0.717, 1.165) is 45.4 Å². The minimum atomic E-state index is -0.0964. The SMILES string of the molecule is CCOc1cc2occ(-c3cccc(OC)c3)c2cc1/C(C)=C/C(=O)NCCC(C)C. The summed E-state index contributed by atoms with van der Waals surface area (Å²) in [6, 6.07) is 11.8. The van der Waals surface area contributed by atoms with Crippen molar-refractivity contribution in [2.24, 2.45) is 5.92 Å². The van der Waals surface area contributed by atoms with Crippen molar-refractivity contribution in [3.63, 3.8) is 0 Å². The molecule has 1 amide bonds. The maximum atomic E-state index is 12.4. The van der Waals surface area contributed by atoms with E-state index in [1.165, 1.54) is 0 Å². The third-order valence-electron chi connectivity index (χ3n) is 5.15. The van der Waals surface area contributed by atoms with Crippen molar-refractivity contribution < 1.29 is 18.7 Å². The van der Waals surface area contributed by atoms with Crippen molar-refractivity contribution in [2.75, 3.05) is 20.3 Å². The molecule has 0 spiro atoms. The first-order chi connectivity index (χ1) is 14.9. The average Bonchev–Trinajstić information content (AvgIpc) is 3.16. The van der Waals surface area contributed by atoms with E-state index in [9.17, 15) is 4.79 Å². The Morgan fingerprint density at radius 1 is 1.23 bits per heavy atom. The molecule has 0 unspecified atom stereocenters. The summed E-state index contributed by atoms with van der Waals surface area (Å²) >= 11 is 0.